The summed E-state index contributed by atoms with van der Waals surface area (Å²) < 4.78 is 42.7. The van der Waals surface area contributed by atoms with Crippen molar-refractivity contribution in [2.75, 3.05) is 31.1 Å². The van der Waals surface area contributed by atoms with Crippen LogP contribution in [0.1, 0.15) is 6.92 Å². The van der Waals surface area contributed by atoms with E-state index in [1.165, 1.54) is 6.20 Å². The van der Waals surface area contributed by atoms with Gasteiger partial charge in [0.25, 0.3) is 0 Å². The normalized spacial score (nSPS) is 11.4. The molecule has 0 radical (unpaired) electrons. The number of hydrogen-bond acceptors (Lipinski definition) is 4. The third-order valence-electron chi connectivity index (χ3n) is 2.12. The highest BCUT2D eigenvalue weighted by Crippen LogP contribution is 2.28. The zero-order valence-electron chi connectivity index (χ0n) is 10.1. The number of nitrogens with two attached hydrogens (primary N) is 1. The Kier molecular flexibility index (Phi) is 5.21. The highest BCUT2D eigenvalue weighted by atomic mass is 19.4. The monoisotopic (exact) mass is 263 g/mol. The number of nitrogens with zero attached hydrogens (tertiary/aromatic N) is 2. The maximum absolute atomic E-state index is 12.5. The quantitative estimate of drug-likeness (QED) is 0.850. The molecule has 0 saturated heterocycles. The fourth-order valence-electron chi connectivity index (χ4n) is 1.52. The van der Waals surface area contributed by atoms with Gasteiger partial charge < -0.3 is 15.4 Å². The summed E-state index contributed by atoms with van der Waals surface area (Å²) in [4.78, 5) is 5.02. The predicted molar refractivity (Wildman–Crippen MR) is 62.7 cm³/mol. The van der Waals surface area contributed by atoms with E-state index in [1.54, 1.807) is 19.1 Å². The maximum Gasteiger partial charge on any atom is 0.405 e. The van der Waals surface area contributed by atoms with Crippen molar-refractivity contribution in [3.8, 4) is 5.75 Å². The fraction of sp³-hybridized carbons (Fsp3) is 0.545. The van der Waals surface area contributed by atoms with Crippen LogP contribution in [-0.2, 0) is 0 Å². The molecule has 0 spiro atoms. The molecule has 0 bridgehead atoms. The van der Waals surface area contributed by atoms with Gasteiger partial charge in [-0.1, -0.05) is 0 Å². The van der Waals surface area contributed by atoms with Gasteiger partial charge in [0.2, 0.25) is 0 Å². The standard InChI is InChI=1S/C11H16F3N3O/c1-2-18-9-4-3-6-16-10(9)17(7-5-15)8-11(12,13)14/h3-4,6H,2,5,7-8,15H2,1H3. The second kappa shape index (κ2) is 6.44. The summed E-state index contributed by atoms with van der Waals surface area (Å²) >= 11 is 0. The van der Waals surface area contributed by atoms with E-state index in [0.29, 0.717) is 12.4 Å². The zero-order chi connectivity index (χ0) is 13.6. The molecule has 0 unspecified atom stereocenters. The highest BCUT2D eigenvalue weighted by Gasteiger charge is 2.32. The van der Waals surface area contributed by atoms with Gasteiger partial charge in [0.1, 0.15) is 6.54 Å². The number of pyridine rings is 1. The molecule has 0 amide bonds. The fourth-order valence-corrected chi connectivity index (χ4v) is 1.52. The largest absolute Gasteiger partial charge is 0.490 e. The maximum atomic E-state index is 12.5. The summed E-state index contributed by atoms with van der Waals surface area (Å²) in [5.74, 6) is 0.500. The van der Waals surface area contributed by atoms with Gasteiger partial charge in [-0.25, -0.2) is 4.98 Å². The Balaban J connectivity index is 2.97. The Hall–Kier alpha value is -1.50. The van der Waals surface area contributed by atoms with E-state index < -0.39 is 12.7 Å². The van der Waals surface area contributed by atoms with Crippen LogP contribution in [0.2, 0.25) is 0 Å². The van der Waals surface area contributed by atoms with Crippen molar-refractivity contribution in [2.45, 2.75) is 13.1 Å². The Morgan fingerprint density at radius 3 is 2.72 bits per heavy atom. The lowest BCUT2D eigenvalue weighted by Crippen LogP contribution is -2.38. The van der Waals surface area contributed by atoms with Gasteiger partial charge in [0.15, 0.2) is 11.6 Å². The van der Waals surface area contributed by atoms with Crippen molar-refractivity contribution >= 4 is 5.82 Å². The third kappa shape index (κ3) is 4.40. The molecule has 1 heterocycles. The summed E-state index contributed by atoms with van der Waals surface area (Å²) in [5.41, 5.74) is 5.33. The number of aromatic nitrogens is 1. The minimum absolute atomic E-state index is 0.0661. The molecule has 0 aliphatic rings. The molecule has 0 saturated carbocycles. The van der Waals surface area contributed by atoms with Crippen LogP contribution in [0.15, 0.2) is 18.3 Å². The van der Waals surface area contributed by atoms with E-state index in [9.17, 15) is 13.2 Å². The lowest BCUT2D eigenvalue weighted by Gasteiger charge is -2.25. The van der Waals surface area contributed by atoms with Crippen molar-refractivity contribution in [3.05, 3.63) is 18.3 Å². The third-order valence-corrected chi connectivity index (χ3v) is 2.12. The molecule has 1 aromatic rings. The van der Waals surface area contributed by atoms with Crippen molar-refractivity contribution in [1.82, 2.24) is 4.98 Å². The molecule has 1 aromatic heterocycles. The zero-order valence-corrected chi connectivity index (χ0v) is 10.1. The molecule has 0 aliphatic heterocycles. The smallest absolute Gasteiger partial charge is 0.405 e. The molecule has 0 aromatic carbocycles. The van der Waals surface area contributed by atoms with Gasteiger partial charge in [-0.2, -0.15) is 13.2 Å². The van der Waals surface area contributed by atoms with Crippen LogP contribution in [0.25, 0.3) is 0 Å². The van der Waals surface area contributed by atoms with Gasteiger partial charge >= 0.3 is 6.18 Å². The molecule has 18 heavy (non-hydrogen) atoms. The first kappa shape index (κ1) is 14.6. The molecule has 0 fully saturated rings. The average Bonchev–Trinajstić information content (AvgIpc) is 2.28. The van der Waals surface area contributed by atoms with Crippen LogP contribution in [0.4, 0.5) is 19.0 Å². The number of hydrogen-bond donors (Lipinski definition) is 1. The summed E-state index contributed by atoms with van der Waals surface area (Å²) in [6.45, 7) is 1.20. The van der Waals surface area contributed by atoms with Crippen LogP contribution in [0.3, 0.4) is 0 Å². The molecule has 2 N–H and O–H groups in total. The molecular weight excluding hydrogens is 247 g/mol. The van der Waals surface area contributed by atoms with Crippen LogP contribution >= 0.6 is 0 Å². The summed E-state index contributed by atoms with van der Waals surface area (Å²) in [5, 5.41) is 0. The van der Waals surface area contributed by atoms with Crippen LogP contribution < -0.4 is 15.4 Å². The number of halogens is 3. The molecule has 4 nitrogen and oxygen atoms in total. The number of anilines is 1. The number of alkyl halides is 3. The first-order valence-electron chi connectivity index (χ1n) is 5.57. The first-order valence-corrected chi connectivity index (χ1v) is 5.57. The Bertz CT molecular complexity index is 371. The van der Waals surface area contributed by atoms with Crippen LogP contribution in [-0.4, -0.2) is 37.4 Å². The first-order chi connectivity index (χ1) is 8.48. The lowest BCUT2D eigenvalue weighted by atomic mass is 10.3. The van der Waals surface area contributed by atoms with Crippen LogP contribution in [0, 0.1) is 0 Å². The highest BCUT2D eigenvalue weighted by molar-refractivity contribution is 5.52. The van der Waals surface area contributed by atoms with E-state index in [0.717, 1.165) is 4.90 Å². The van der Waals surface area contributed by atoms with Crippen LogP contribution in [0.5, 0.6) is 5.75 Å². The molecule has 7 heteroatoms. The van der Waals surface area contributed by atoms with E-state index in [1.807, 2.05) is 0 Å². The van der Waals surface area contributed by atoms with Gasteiger partial charge in [-0.05, 0) is 19.1 Å². The summed E-state index contributed by atoms with van der Waals surface area (Å²) in [6, 6.07) is 3.20. The minimum Gasteiger partial charge on any atom is -0.490 e. The van der Waals surface area contributed by atoms with E-state index in [4.69, 9.17) is 10.5 Å². The van der Waals surface area contributed by atoms with E-state index >= 15 is 0 Å². The predicted octanol–water partition coefficient (Wildman–Crippen LogP) is 1.81. The second-order valence-electron chi connectivity index (χ2n) is 3.58. The Labute approximate surface area is 104 Å². The van der Waals surface area contributed by atoms with E-state index in [-0.39, 0.29) is 18.9 Å². The summed E-state index contributed by atoms with van der Waals surface area (Å²) in [6.07, 6.45) is -2.88. The van der Waals surface area contributed by atoms with Crippen molar-refractivity contribution in [3.63, 3.8) is 0 Å². The van der Waals surface area contributed by atoms with Gasteiger partial charge in [0.05, 0.1) is 6.61 Å². The minimum atomic E-state index is -4.31. The molecule has 0 atom stereocenters. The van der Waals surface area contributed by atoms with Crippen molar-refractivity contribution in [2.24, 2.45) is 5.73 Å². The van der Waals surface area contributed by atoms with Crippen molar-refractivity contribution < 1.29 is 17.9 Å². The van der Waals surface area contributed by atoms with Gasteiger partial charge in [-0.15, -0.1) is 0 Å². The second-order valence-corrected chi connectivity index (χ2v) is 3.58. The summed E-state index contributed by atoms with van der Waals surface area (Å²) in [7, 11) is 0. The Morgan fingerprint density at radius 2 is 2.17 bits per heavy atom. The average molecular weight is 263 g/mol. The lowest BCUT2D eigenvalue weighted by molar-refractivity contribution is -0.119. The molecule has 102 valence electrons. The Morgan fingerprint density at radius 1 is 1.44 bits per heavy atom. The van der Waals surface area contributed by atoms with E-state index in [2.05, 4.69) is 4.98 Å². The van der Waals surface area contributed by atoms with Gasteiger partial charge in [0, 0.05) is 19.3 Å². The topological polar surface area (TPSA) is 51.4 Å². The number of ether oxygens (including phenoxy) is 1. The van der Waals surface area contributed by atoms with Gasteiger partial charge in [-0.3, -0.25) is 0 Å². The SMILES string of the molecule is CCOc1cccnc1N(CCN)CC(F)(F)F. The molecule has 1 rings (SSSR count). The number of rotatable bonds is 6. The van der Waals surface area contributed by atoms with Crippen molar-refractivity contribution in [1.29, 1.82) is 0 Å². The molecule has 0 aliphatic carbocycles. The molecular formula is C11H16F3N3O.